The lowest BCUT2D eigenvalue weighted by Gasteiger charge is -2.41. The van der Waals surface area contributed by atoms with Gasteiger partial charge in [0.1, 0.15) is 5.82 Å². The number of urea groups is 2. The number of anilines is 2. The number of carbonyl (C=O) groups excluding carboxylic acids is 2. The van der Waals surface area contributed by atoms with Crippen LogP contribution in [0.5, 0.6) is 0 Å². The second-order valence-corrected chi connectivity index (χ2v) is 12.2. The van der Waals surface area contributed by atoms with Gasteiger partial charge in [0.25, 0.3) is 0 Å². The normalized spacial score (nSPS) is 21.4. The number of amides is 4. The zero-order valence-electron chi connectivity index (χ0n) is 25.7. The first-order valence-electron chi connectivity index (χ1n) is 15.7. The number of hydrogen-bond donors (Lipinski definition) is 2. The van der Waals surface area contributed by atoms with Gasteiger partial charge in [-0.3, -0.25) is 9.80 Å². The fourth-order valence-corrected chi connectivity index (χ4v) is 7.48. The van der Waals surface area contributed by atoms with Gasteiger partial charge in [-0.2, -0.15) is 13.2 Å². The van der Waals surface area contributed by atoms with Gasteiger partial charge in [0.15, 0.2) is 0 Å². The van der Waals surface area contributed by atoms with Crippen LogP contribution in [0.25, 0.3) is 0 Å². The number of nitrogens with one attached hydrogen (secondary N) is 2. The van der Waals surface area contributed by atoms with E-state index in [1.54, 1.807) is 11.9 Å². The SMILES string of the molecule is CNC(=O)N1CCc2c(nc(C)n2C2C[C@H]3CC[C@H](C2)N3CCCN(C(=O)Nc2ccc(C(F)(F)F)cc2)c2ccccc2)C1. The van der Waals surface area contributed by atoms with Gasteiger partial charge in [0.05, 0.1) is 17.8 Å². The van der Waals surface area contributed by atoms with E-state index in [-0.39, 0.29) is 12.1 Å². The van der Waals surface area contributed by atoms with E-state index in [9.17, 15) is 22.8 Å². The quantitative estimate of drug-likeness (QED) is 0.328. The highest BCUT2D eigenvalue weighted by molar-refractivity contribution is 6.01. The molecule has 6 rings (SSSR count). The molecule has 0 aliphatic carbocycles. The second kappa shape index (κ2) is 12.7. The van der Waals surface area contributed by atoms with Crippen molar-refractivity contribution in [3.05, 3.63) is 77.4 Å². The summed E-state index contributed by atoms with van der Waals surface area (Å²) >= 11 is 0. The molecule has 2 N–H and O–H groups in total. The van der Waals surface area contributed by atoms with Gasteiger partial charge in [-0.05, 0) is 75.4 Å². The molecule has 1 aromatic heterocycles. The summed E-state index contributed by atoms with van der Waals surface area (Å²) < 4.78 is 41.4. The molecule has 3 aromatic rings. The molecule has 2 fully saturated rings. The van der Waals surface area contributed by atoms with Gasteiger partial charge in [-0.25, -0.2) is 14.6 Å². The molecule has 0 unspecified atom stereocenters. The number of para-hydroxylation sites is 1. The van der Waals surface area contributed by atoms with Crippen molar-refractivity contribution in [2.75, 3.05) is 36.9 Å². The number of halogens is 3. The first-order chi connectivity index (χ1) is 21.6. The number of piperidine rings is 1. The van der Waals surface area contributed by atoms with Gasteiger partial charge in [0, 0.05) is 68.3 Å². The number of benzene rings is 2. The average Bonchev–Trinajstić information content (AvgIpc) is 3.48. The highest BCUT2D eigenvalue weighted by Crippen LogP contribution is 2.42. The first kappa shape index (κ1) is 30.9. The zero-order valence-corrected chi connectivity index (χ0v) is 25.7. The van der Waals surface area contributed by atoms with E-state index in [1.165, 1.54) is 17.8 Å². The third-order valence-corrected chi connectivity index (χ3v) is 9.53. The van der Waals surface area contributed by atoms with Crippen molar-refractivity contribution < 1.29 is 22.8 Å². The molecule has 0 spiro atoms. The summed E-state index contributed by atoms with van der Waals surface area (Å²) in [5, 5.41) is 5.49. The molecule has 3 aliphatic heterocycles. The monoisotopic (exact) mass is 623 g/mol. The number of hydrogen-bond acceptors (Lipinski definition) is 4. The van der Waals surface area contributed by atoms with Crippen LogP contribution < -0.4 is 15.5 Å². The van der Waals surface area contributed by atoms with Crippen molar-refractivity contribution >= 4 is 23.4 Å². The Kier molecular flexibility index (Phi) is 8.76. The Hall–Kier alpha value is -4.06. The maximum atomic E-state index is 13.4. The Labute approximate surface area is 261 Å². The van der Waals surface area contributed by atoms with E-state index >= 15 is 0 Å². The van der Waals surface area contributed by atoms with Crippen LogP contribution in [0.15, 0.2) is 54.6 Å². The van der Waals surface area contributed by atoms with Crippen molar-refractivity contribution in [2.45, 2.75) is 76.3 Å². The van der Waals surface area contributed by atoms with Crippen LogP contribution in [0, 0.1) is 6.92 Å². The van der Waals surface area contributed by atoms with Crippen LogP contribution in [0.1, 0.15) is 60.9 Å². The van der Waals surface area contributed by atoms with Gasteiger partial charge >= 0.3 is 18.2 Å². The van der Waals surface area contributed by atoms with Crippen molar-refractivity contribution in [3.8, 4) is 0 Å². The minimum Gasteiger partial charge on any atom is -0.341 e. The molecule has 0 saturated carbocycles. The first-order valence-corrected chi connectivity index (χ1v) is 15.7. The van der Waals surface area contributed by atoms with Crippen LogP contribution in [0.2, 0.25) is 0 Å². The lowest BCUT2D eigenvalue weighted by Crippen LogP contribution is -2.46. The van der Waals surface area contributed by atoms with Crippen LogP contribution in [-0.4, -0.2) is 70.2 Å². The molecule has 9 nitrogen and oxygen atoms in total. The summed E-state index contributed by atoms with van der Waals surface area (Å²) in [6.07, 6.45) is 1.55. The molecular formula is C33H40F3N7O2. The summed E-state index contributed by atoms with van der Waals surface area (Å²) in [4.78, 5) is 36.5. The van der Waals surface area contributed by atoms with Gasteiger partial charge in [0.2, 0.25) is 0 Å². The Morgan fingerprint density at radius 2 is 1.69 bits per heavy atom. The molecular weight excluding hydrogens is 583 g/mol. The number of imidazole rings is 1. The molecule has 2 bridgehead atoms. The fourth-order valence-electron chi connectivity index (χ4n) is 7.48. The largest absolute Gasteiger partial charge is 0.416 e. The summed E-state index contributed by atoms with van der Waals surface area (Å²) in [5.74, 6) is 1.02. The van der Waals surface area contributed by atoms with Crippen molar-refractivity contribution in [3.63, 3.8) is 0 Å². The molecule has 3 aliphatic rings. The second-order valence-electron chi connectivity index (χ2n) is 12.2. The zero-order chi connectivity index (χ0) is 31.7. The molecule has 4 amide bonds. The number of carbonyl (C=O) groups is 2. The van der Waals surface area contributed by atoms with Crippen molar-refractivity contribution in [2.24, 2.45) is 0 Å². The summed E-state index contributed by atoms with van der Waals surface area (Å²) in [6, 6.07) is 14.7. The summed E-state index contributed by atoms with van der Waals surface area (Å²) in [5.41, 5.74) is 2.57. The minimum absolute atomic E-state index is 0.0675. The van der Waals surface area contributed by atoms with Crippen LogP contribution in [0.4, 0.5) is 34.1 Å². The topological polar surface area (TPSA) is 85.7 Å². The Balaban J connectivity index is 1.09. The van der Waals surface area contributed by atoms with Gasteiger partial charge in [-0.1, -0.05) is 18.2 Å². The molecule has 45 heavy (non-hydrogen) atoms. The third kappa shape index (κ3) is 6.51. The lowest BCUT2D eigenvalue weighted by molar-refractivity contribution is -0.137. The Bertz CT molecular complexity index is 1490. The van der Waals surface area contributed by atoms with Crippen LogP contribution in [-0.2, 0) is 19.1 Å². The van der Waals surface area contributed by atoms with Crippen molar-refractivity contribution in [1.29, 1.82) is 0 Å². The third-order valence-electron chi connectivity index (χ3n) is 9.53. The smallest absolute Gasteiger partial charge is 0.341 e. The Morgan fingerprint density at radius 3 is 2.33 bits per heavy atom. The minimum atomic E-state index is -4.43. The number of nitrogens with zero attached hydrogens (tertiary/aromatic N) is 5. The van der Waals surface area contributed by atoms with Crippen LogP contribution >= 0.6 is 0 Å². The molecule has 2 aromatic carbocycles. The predicted octanol–water partition coefficient (Wildman–Crippen LogP) is 6.20. The Morgan fingerprint density at radius 1 is 1.00 bits per heavy atom. The van der Waals surface area contributed by atoms with Crippen molar-refractivity contribution in [1.82, 2.24) is 24.7 Å². The van der Waals surface area contributed by atoms with Gasteiger partial charge < -0.3 is 20.1 Å². The molecule has 240 valence electrons. The highest BCUT2D eigenvalue weighted by Gasteiger charge is 2.42. The van der Waals surface area contributed by atoms with E-state index in [2.05, 4.69) is 27.0 Å². The van der Waals surface area contributed by atoms with E-state index in [1.807, 2.05) is 35.2 Å². The molecule has 2 saturated heterocycles. The number of aromatic nitrogens is 2. The highest BCUT2D eigenvalue weighted by atomic mass is 19.4. The summed E-state index contributed by atoms with van der Waals surface area (Å²) in [6.45, 7) is 4.64. The average molecular weight is 624 g/mol. The van der Waals surface area contributed by atoms with Gasteiger partial charge in [-0.15, -0.1) is 0 Å². The van der Waals surface area contributed by atoms with E-state index < -0.39 is 11.7 Å². The number of fused-ring (bicyclic) bond motifs is 3. The maximum Gasteiger partial charge on any atom is 0.416 e. The lowest BCUT2D eigenvalue weighted by atomic mass is 9.95. The van der Waals surface area contributed by atoms with E-state index in [0.717, 1.165) is 74.4 Å². The maximum absolute atomic E-state index is 13.4. The summed E-state index contributed by atoms with van der Waals surface area (Å²) in [7, 11) is 1.66. The van der Waals surface area contributed by atoms with E-state index in [4.69, 9.17) is 4.98 Å². The molecule has 0 radical (unpaired) electrons. The molecule has 2 atom stereocenters. The number of rotatable bonds is 7. The van der Waals surface area contributed by atoms with Crippen LogP contribution in [0.3, 0.4) is 0 Å². The molecule has 12 heteroatoms. The predicted molar refractivity (Wildman–Crippen MR) is 166 cm³/mol. The molecule has 4 heterocycles. The van der Waals surface area contributed by atoms with E-state index in [0.29, 0.717) is 43.4 Å². The number of alkyl halides is 3. The number of aryl methyl sites for hydroxylation is 1. The standard InChI is InChI=1S/C33H40F3N7O2/c1-22-38-29-21-40(31(44)37-2)18-15-30(29)43(22)28-19-26-13-14-27(20-28)41(26)16-6-17-42(25-7-4-3-5-8-25)32(45)39-24-11-9-23(10-12-24)33(34,35)36/h3-5,7-12,26-28H,6,13-21H2,1-2H3,(H,37,44)(H,39,45)/t26-,27-/m1/s1. The fraction of sp³-hybridized carbons (Fsp3) is 0.485.